The molecule has 0 bridgehead atoms. The Hall–Kier alpha value is -1.58. The number of halogens is 1. The fourth-order valence-electron chi connectivity index (χ4n) is 1.80. The smallest absolute Gasteiger partial charge is 0.224 e. The lowest BCUT2D eigenvalue weighted by atomic mass is 10.1. The lowest BCUT2D eigenvalue weighted by Crippen LogP contribution is -2.05. The van der Waals surface area contributed by atoms with E-state index in [0.29, 0.717) is 23.2 Å². The van der Waals surface area contributed by atoms with Gasteiger partial charge in [0.05, 0.1) is 0 Å². The van der Waals surface area contributed by atoms with Gasteiger partial charge in [0.1, 0.15) is 5.75 Å². The molecule has 3 nitrogen and oxygen atoms in total. The van der Waals surface area contributed by atoms with E-state index in [2.05, 4.69) is 4.98 Å². The highest BCUT2D eigenvalue weighted by atomic mass is 35.5. The number of ether oxygens (including phenoxy) is 1. The Morgan fingerprint density at radius 1 is 1.28 bits per heavy atom. The molecule has 4 heteroatoms. The van der Waals surface area contributed by atoms with E-state index in [-0.39, 0.29) is 0 Å². The van der Waals surface area contributed by atoms with Gasteiger partial charge in [-0.3, -0.25) is 0 Å². The maximum absolute atomic E-state index is 5.92. The number of hydrogen-bond acceptors (Lipinski definition) is 3. The van der Waals surface area contributed by atoms with Crippen LogP contribution in [-0.2, 0) is 6.54 Å². The summed E-state index contributed by atoms with van der Waals surface area (Å²) >= 11 is 5.92. The van der Waals surface area contributed by atoms with Gasteiger partial charge in [-0.05, 0) is 43.7 Å². The van der Waals surface area contributed by atoms with Crippen molar-refractivity contribution >= 4 is 11.6 Å². The van der Waals surface area contributed by atoms with Crippen LogP contribution < -0.4 is 10.5 Å². The van der Waals surface area contributed by atoms with Crippen molar-refractivity contribution in [3.8, 4) is 11.6 Å². The quantitative estimate of drug-likeness (QED) is 0.919. The van der Waals surface area contributed by atoms with Crippen molar-refractivity contribution in [2.24, 2.45) is 5.73 Å². The molecule has 0 atom stereocenters. The van der Waals surface area contributed by atoms with Crippen LogP contribution >= 0.6 is 11.6 Å². The molecule has 0 unspecified atom stereocenters. The third-order valence-corrected chi connectivity index (χ3v) is 2.89. The minimum absolute atomic E-state index is 0.398. The monoisotopic (exact) mass is 262 g/mol. The van der Waals surface area contributed by atoms with Crippen molar-refractivity contribution in [3.05, 3.63) is 52.2 Å². The predicted octanol–water partition coefficient (Wildman–Crippen LogP) is 3.60. The molecule has 94 valence electrons. The highest BCUT2D eigenvalue weighted by Crippen LogP contribution is 2.27. The molecule has 0 fully saturated rings. The third kappa shape index (κ3) is 2.81. The highest BCUT2D eigenvalue weighted by Gasteiger charge is 2.09. The normalized spacial score (nSPS) is 10.4. The van der Waals surface area contributed by atoms with E-state index >= 15 is 0 Å². The number of nitrogens with two attached hydrogens (primary N) is 1. The van der Waals surface area contributed by atoms with Crippen LogP contribution in [0.4, 0.5) is 0 Å². The van der Waals surface area contributed by atoms with E-state index in [1.807, 2.05) is 32.0 Å². The number of rotatable bonds is 3. The van der Waals surface area contributed by atoms with Crippen LogP contribution in [0.1, 0.15) is 16.8 Å². The number of nitrogens with zero attached hydrogens (tertiary/aromatic N) is 1. The van der Waals surface area contributed by atoms with Crippen LogP contribution in [0, 0.1) is 13.8 Å². The van der Waals surface area contributed by atoms with Crippen LogP contribution in [0.5, 0.6) is 11.6 Å². The second-order valence-electron chi connectivity index (χ2n) is 4.13. The Morgan fingerprint density at radius 2 is 2.06 bits per heavy atom. The SMILES string of the molecule is Cc1cc(C)c(CN)c(Oc2cccc(Cl)c2)n1. The van der Waals surface area contributed by atoms with E-state index in [9.17, 15) is 0 Å². The fourth-order valence-corrected chi connectivity index (χ4v) is 1.98. The Morgan fingerprint density at radius 3 is 2.72 bits per heavy atom. The largest absolute Gasteiger partial charge is 0.439 e. The van der Waals surface area contributed by atoms with E-state index < -0.39 is 0 Å². The van der Waals surface area contributed by atoms with Gasteiger partial charge in [0, 0.05) is 22.8 Å². The van der Waals surface area contributed by atoms with Crippen LogP contribution in [0.25, 0.3) is 0 Å². The zero-order chi connectivity index (χ0) is 13.1. The molecule has 0 amide bonds. The molecule has 1 heterocycles. The van der Waals surface area contributed by atoms with Crippen molar-refractivity contribution in [2.45, 2.75) is 20.4 Å². The first-order chi connectivity index (χ1) is 8.60. The first kappa shape index (κ1) is 12.9. The third-order valence-electron chi connectivity index (χ3n) is 2.65. The second-order valence-corrected chi connectivity index (χ2v) is 4.56. The molecular weight excluding hydrogens is 248 g/mol. The maximum atomic E-state index is 5.92. The molecule has 0 aliphatic rings. The molecule has 0 aliphatic carbocycles. The van der Waals surface area contributed by atoms with E-state index in [1.54, 1.807) is 12.1 Å². The molecule has 0 spiro atoms. The van der Waals surface area contributed by atoms with Gasteiger partial charge in [-0.15, -0.1) is 0 Å². The van der Waals surface area contributed by atoms with Gasteiger partial charge in [-0.25, -0.2) is 4.98 Å². The highest BCUT2D eigenvalue weighted by molar-refractivity contribution is 6.30. The maximum Gasteiger partial charge on any atom is 0.224 e. The molecule has 0 radical (unpaired) electrons. The number of benzene rings is 1. The Balaban J connectivity index is 2.39. The summed E-state index contributed by atoms with van der Waals surface area (Å²) in [5, 5.41) is 0.631. The molecule has 2 aromatic rings. The summed E-state index contributed by atoms with van der Waals surface area (Å²) in [6.45, 7) is 4.33. The summed E-state index contributed by atoms with van der Waals surface area (Å²) in [5.41, 5.74) is 8.65. The van der Waals surface area contributed by atoms with Gasteiger partial charge in [0.15, 0.2) is 0 Å². The molecule has 2 rings (SSSR count). The van der Waals surface area contributed by atoms with Gasteiger partial charge in [0.2, 0.25) is 5.88 Å². The van der Waals surface area contributed by atoms with Crippen LogP contribution in [0.15, 0.2) is 30.3 Å². The standard InChI is InChI=1S/C14H15ClN2O/c1-9-6-10(2)17-14(13(9)8-16)18-12-5-3-4-11(15)7-12/h3-7H,8,16H2,1-2H3. The van der Waals surface area contributed by atoms with Crippen LogP contribution in [0.2, 0.25) is 5.02 Å². The van der Waals surface area contributed by atoms with E-state index in [4.69, 9.17) is 22.1 Å². The second kappa shape index (κ2) is 5.38. The minimum atomic E-state index is 0.398. The van der Waals surface area contributed by atoms with Gasteiger partial charge in [-0.1, -0.05) is 17.7 Å². The average molecular weight is 263 g/mol. The predicted molar refractivity (Wildman–Crippen MR) is 73.1 cm³/mol. The number of hydrogen-bond donors (Lipinski definition) is 1. The zero-order valence-corrected chi connectivity index (χ0v) is 11.2. The lowest BCUT2D eigenvalue weighted by Gasteiger charge is -2.12. The van der Waals surface area contributed by atoms with Crippen LogP contribution in [0.3, 0.4) is 0 Å². The molecule has 0 saturated heterocycles. The van der Waals surface area contributed by atoms with Crippen molar-refractivity contribution in [1.82, 2.24) is 4.98 Å². The zero-order valence-electron chi connectivity index (χ0n) is 10.4. The van der Waals surface area contributed by atoms with Gasteiger partial charge in [-0.2, -0.15) is 0 Å². The summed E-state index contributed by atoms with van der Waals surface area (Å²) < 4.78 is 5.77. The first-order valence-corrected chi connectivity index (χ1v) is 6.08. The molecule has 18 heavy (non-hydrogen) atoms. The van der Waals surface area contributed by atoms with Gasteiger partial charge in [0.25, 0.3) is 0 Å². The van der Waals surface area contributed by atoms with Crippen molar-refractivity contribution in [2.75, 3.05) is 0 Å². The van der Waals surface area contributed by atoms with Crippen LogP contribution in [-0.4, -0.2) is 4.98 Å². The summed E-state index contributed by atoms with van der Waals surface area (Å²) in [5.74, 6) is 1.21. The molecule has 1 aromatic heterocycles. The molecule has 0 saturated carbocycles. The topological polar surface area (TPSA) is 48.1 Å². The average Bonchev–Trinajstić information content (AvgIpc) is 2.28. The molecule has 1 aromatic carbocycles. The fraction of sp³-hybridized carbons (Fsp3) is 0.214. The summed E-state index contributed by atoms with van der Waals surface area (Å²) in [7, 11) is 0. The Bertz CT molecular complexity index is 570. The number of aryl methyl sites for hydroxylation is 2. The van der Waals surface area contributed by atoms with E-state index in [0.717, 1.165) is 16.8 Å². The van der Waals surface area contributed by atoms with Crippen molar-refractivity contribution in [1.29, 1.82) is 0 Å². The summed E-state index contributed by atoms with van der Waals surface area (Å²) in [6, 6.07) is 9.22. The molecule has 0 aliphatic heterocycles. The van der Waals surface area contributed by atoms with Gasteiger partial charge < -0.3 is 10.5 Å². The Kier molecular flexibility index (Phi) is 3.84. The van der Waals surface area contributed by atoms with Crippen molar-refractivity contribution < 1.29 is 4.74 Å². The van der Waals surface area contributed by atoms with Crippen molar-refractivity contribution in [3.63, 3.8) is 0 Å². The number of pyridine rings is 1. The molecular formula is C14H15ClN2O. The number of aromatic nitrogens is 1. The minimum Gasteiger partial charge on any atom is -0.439 e. The lowest BCUT2D eigenvalue weighted by molar-refractivity contribution is 0.454. The molecule has 2 N–H and O–H groups in total. The first-order valence-electron chi connectivity index (χ1n) is 5.70. The Labute approximate surface area is 112 Å². The summed E-state index contributed by atoms with van der Waals surface area (Å²) in [4.78, 5) is 4.38. The van der Waals surface area contributed by atoms with E-state index in [1.165, 1.54) is 0 Å². The summed E-state index contributed by atoms with van der Waals surface area (Å²) in [6.07, 6.45) is 0. The van der Waals surface area contributed by atoms with Gasteiger partial charge >= 0.3 is 0 Å².